The Balaban J connectivity index is 2.31. The molecule has 0 bridgehead atoms. The highest BCUT2D eigenvalue weighted by molar-refractivity contribution is 5.87. The van der Waals surface area contributed by atoms with E-state index >= 15 is 0 Å². The Morgan fingerprint density at radius 2 is 2.27 bits per heavy atom. The van der Waals surface area contributed by atoms with Crippen LogP contribution in [0.3, 0.4) is 0 Å². The predicted molar refractivity (Wildman–Crippen MR) is 51.5 cm³/mol. The van der Waals surface area contributed by atoms with Gasteiger partial charge in [-0.3, -0.25) is 4.79 Å². The van der Waals surface area contributed by atoms with Crippen molar-refractivity contribution < 1.29 is 13.6 Å². The van der Waals surface area contributed by atoms with Gasteiger partial charge in [0.2, 0.25) is 5.91 Å². The molecule has 1 aliphatic rings. The number of halogens is 2. The third-order valence-electron chi connectivity index (χ3n) is 2.46. The average Bonchev–Trinajstić information content (AvgIpc) is 2.60. The van der Waals surface area contributed by atoms with E-state index in [9.17, 15) is 13.6 Å². The Morgan fingerprint density at radius 3 is 2.93 bits per heavy atom. The molecular weight excluding hydrogens is 202 g/mol. The molecule has 2 rings (SSSR count). The van der Waals surface area contributed by atoms with E-state index in [1.165, 1.54) is 13.1 Å². The molecule has 0 aromatic heterocycles. The molecule has 1 heterocycles. The van der Waals surface area contributed by atoms with Gasteiger partial charge in [0.25, 0.3) is 0 Å². The van der Waals surface area contributed by atoms with E-state index in [1.807, 2.05) is 0 Å². The maximum absolute atomic E-state index is 13.3. The van der Waals surface area contributed by atoms with Gasteiger partial charge >= 0.3 is 0 Å². The van der Waals surface area contributed by atoms with E-state index in [4.69, 9.17) is 0 Å². The number of hydrogen-bond donors (Lipinski definition) is 2. The van der Waals surface area contributed by atoms with Crippen molar-refractivity contribution in [3.05, 3.63) is 29.3 Å². The maximum atomic E-state index is 13.3. The third-order valence-corrected chi connectivity index (χ3v) is 2.46. The molecule has 0 aliphatic carbocycles. The van der Waals surface area contributed by atoms with Gasteiger partial charge < -0.3 is 10.6 Å². The molecule has 0 radical (unpaired) electrons. The number of rotatable bonds is 1. The Hall–Kier alpha value is -1.65. The number of amides is 1. The fraction of sp³-hybridized carbons (Fsp3) is 0.300. The van der Waals surface area contributed by atoms with E-state index in [2.05, 4.69) is 10.6 Å². The van der Waals surface area contributed by atoms with Crippen LogP contribution in [0.1, 0.15) is 5.56 Å². The number of carbonyl (C=O) groups is 1. The minimum absolute atomic E-state index is 0.231. The summed E-state index contributed by atoms with van der Waals surface area (Å²) in [5.74, 6) is -1.48. The van der Waals surface area contributed by atoms with E-state index in [1.54, 1.807) is 0 Å². The molecule has 80 valence electrons. The maximum Gasteiger partial charge on any atom is 0.242 e. The lowest BCUT2D eigenvalue weighted by atomic mass is 10.1. The normalized spacial score (nSPS) is 18.2. The highest BCUT2D eigenvalue weighted by Gasteiger charge is 2.28. The zero-order valence-electron chi connectivity index (χ0n) is 8.10. The van der Waals surface area contributed by atoms with Crippen LogP contribution in [0.5, 0.6) is 0 Å². The van der Waals surface area contributed by atoms with Crippen LogP contribution < -0.4 is 10.6 Å². The van der Waals surface area contributed by atoms with Gasteiger partial charge in [0, 0.05) is 30.8 Å². The molecule has 15 heavy (non-hydrogen) atoms. The smallest absolute Gasteiger partial charge is 0.242 e. The number of benzene rings is 1. The number of fused-ring (bicyclic) bond motifs is 1. The van der Waals surface area contributed by atoms with Crippen LogP contribution in [-0.4, -0.2) is 19.0 Å². The first kappa shape index (κ1) is 9.89. The molecule has 5 heteroatoms. The molecule has 1 amide bonds. The van der Waals surface area contributed by atoms with Crippen molar-refractivity contribution in [3.8, 4) is 0 Å². The summed E-state index contributed by atoms with van der Waals surface area (Å²) in [7, 11) is 1.50. The predicted octanol–water partition coefficient (Wildman–Crippen LogP) is 1.05. The van der Waals surface area contributed by atoms with E-state index in [-0.39, 0.29) is 12.3 Å². The summed E-state index contributed by atoms with van der Waals surface area (Å²) in [6.45, 7) is 0. The van der Waals surface area contributed by atoms with Gasteiger partial charge in [-0.05, 0) is 6.07 Å². The van der Waals surface area contributed by atoms with E-state index in [0.717, 1.165) is 6.07 Å². The Labute approximate surface area is 85.5 Å². The monoisotopic (exact) mass is 212 g/mol. The number of anilines is 1. The molecular formula is C10H10F2N2O. The second kappa shape index (κ2) is 3.49. The summed E-state index contributed by atoms with van der Waals surface area (Å²) in [6.07, 6.45) is 0.251. The molecule has 1 aromatic carbocycles. The average molecular weight is 212 g/mol. The SMILES string of the molecule is CNC(=O)C1Cc2c(F)cc(F)cc2N1. The van der Waals surface area contributed by atoms with E-state index < -0.39 is 17.7 Å². The summed E-state index contributed by atoms with van der Waals surface area (Å²) < 4.78 is 26.1. The van der Waals surface area contributed by atoms with Crippen molar-refractivity contribution >= 4 is 11.6 Å². The fourth-order valence-corrected chi connectivity index (χ4v) is 1.72. The molecule has 1 unspecified atom stereocenters. The number of hydrogen-bond acceptors (Lipinski definition) is 2. The Morgan fingerprint density at radius 1 is 1.53 bits per heavy atom. The lowest BCUT2D eigenvalue weighted by Crippen LogP contribution is -2.36. The molecule has 0 saturated carbocycles. The first-order chi connectivity index (χ1) is 7.11. The van der Waals surface area contributed by atoms with Crippen molar-refractivity contribution in [3.63, 3.8) is 0 Å². The van der Waals surface area contributed by atoms with Crippen LogP contribution in [0.4, 0.5) is 14.5 Å². The molecule has 0 saturated heterocycles. The summed E-state index contributed by atoms with van der Waals surface area (Å²) in [4.78, 5) is 11.3. The Kier molecular flexibility index (Phi) is 2.30. The molecule has 3 nitrogen and oxygen atoms in total. The topological polar surface area (TPSA) is 41.1 Å². The van der Waals surface area contributed by atoms with Crippen LogP contribution in [0.25, 0.3) is 0 Å². The molecule has 0 spiro atoms. The van der Waals surface area contributed by atoms with Crippen molar-refractivity contribution in [2.45, 2.75) is 12.5 Å². The summed E-state index contributed by atoms with van der Waals surface area (Å²) >= 11 is 0. The summed E-state index contributed by atoms with van der Waals surface area (Å²) in [5.41, 5.74) is 0.728. The molecule has 1 atom stereocenters. The van der Waals surface area contributed by atoms with Gasteiger partial charge in [-0.1, -0.05) is 0 Å². The number of nitrogens with one attached hydrogen (secondary N) is 2. The van der Waals surface area contributed by atoms with Gasteiger partial charge in [-0.2, -0.15) is 0 Å². The van der Waals surface area contributed by atoms with Crippen LogP contribution in [0, 0.1) is 11.6 Å². The van der Waals surface area contributed by atoms with Crippen molar-refractivity contribution in [1.82, 2.24) is 5.32 Å². The molecule has 0 fully saturated rings. The van der Waals surface area contributed by atoms with Crippen LogP contribution in [-0.2, 0) is 11.2 Å². The first-order valence-electron chi connectivity index (χ1n) is 4.58. The van der Waals surface area contributed by atoms with Gasteiger partial charge in [0.1, 0.15) is 17.7 Å². The zero-order chi connectivity index (χ0) is 11.0. The van der Waals surface area contributed by atoms with Gasteiger partial charge in [0.15, 0.2) is 0 Å². The van der Waals surface area contributed by atoms with Crippen LogP contribution in [0.15, 0.2) is 12.1 Å². The van der Waals surface area contributed by atoms with Crippen LogP contribution in [0.2, 0.25) is 0 Å². The minimum Gasteiger partial charge on any atom is -0.373 e. The van der Waals surface area contributed by atoms with Crippen molar-refractivity contribution in [2.24, 2.45) is 0 Å². The van der Waals surface area contributed by atoms with Crippen molar-refractivity contribution in [1.29, 1.82) is 0 Å². The third kappa shape index (κ3) is 1.65. The minimum atomic E-state index is -0.642. The van der Waals surface area contributed by atoms with Gasteiger partial charge in [0.05, 0.1) is 0 Å². The lowest BCUT2D eigenvalue weighted by molar-refractivity contribution is -0.121. The van der Waals surface area contributed by atoms with Crippen LogP contribution >= 0.6 is 0 Å². The second-order valence-corrected chi connectivity index (χ2v) is 3.43. The highest BCUT2D eigenvalue weighted by atomic mass is 19.1. The number of likely N-dealkylation sites (N-methyl/N-ethyl adjacent to an activating group) is 1. The quantitative estimate of drug-likeness (QED) is 0.730. The second-order valence-electron chi connectivity index (χ2n) is 3.43. The van der Waals surface area contributed by atoms with Crippen molar-refractivity contribution in [2.75, 3.05) is 12.4 Å². The lowest BCUT2D eigenvalue weighted by Gasteiger charge is -2.08. The largest absolute Gasteiger partial charge is 0.373 e. The molecule has 2 N–H and O–H groups in total. The van der Waals surface area contributed by atoms with Gasteiger partial charge in [-0.15, -0.1) is 0 Å². The zero-order valence-corrected chi connectivity index (χ0v) is 8.10. The molecule has 1 aromatic rings. The standard InChI is InChI=1S/C10H10F2N2O/c1-13-10(15)9-4-6-7(12)2-5(11)3-8(6)14-9/h2-3,9,14H,4H2,1H3,(H,13,15). The summed E-state index contributed by atoms with van der Waals surface area (Å²) in [5, 5.41) is 5.23. The first-order valence-corrected chi connectivity index (χ1v) is 4.58. The molecule has 1 aliphatic heterocycles. The Bertz CT molecular complexity index is 420. The van der Waals surface area contributed by atoms with E-state index in [0.29, 0.717) is 11.3 Å². The summed E-state index contributed by atoms with van der Waals surface area (Å²) in [6, 6.07) is 1.51. The van der Waals surface area contributed by atoms with Gasteiger partial charge in [-0.25, -0.2) is 8.78 Å². The fourth-order valence-electron chi connectivity index (χ4n) is 1.72. The number of carbonyl (C=O) groups excluding carboxylic acids is 1. The highest BCUT2D eigenvalue weighted by Crippen LogP contribution is 2.29.